The zero-order valence-electron chi connectivity index (χ0n) is 22.0. The maximum atomic E-state index is 12.6. The molecule has 0 saturated heterocycles. The van der Waals surface area contributed by atoms with Crippen LogP contribution in [0.2, 0.25) is 0 Å². The summed E-state index contributed by atoms with van der Waals surface area (Å²) >= 11 is 0. The van der Waals surface area contributed by atoms with Crippen LogP contribution < -0.4 is 9.47 Å². The van der Waals surface area contributed by atoms with E-state index in [1.54, 1.807) is 60.7 Å². The lowest BCUT2D eigenvalue weighted by atomic mass is 9.72. The molecule has 0 radical (unpaired) electrons. The van der Waals surface area contributed by atoms with Crippen molar-refractivity contribution in [1.82, 2.24) is 0 Å². The molecule has 0 heterocycles. The first-order valence-corrected chi connectivity index (χ1v) is 13.6. The molecular formula is C32H38O6. The Kier molecular flexibility index (Phi) is 10.0. The Balaban J connectivity index is 1.15. The number of hydrogen-bond acceptors (Lipinski definition) is 6. The Hall–Kier alpha value is -3.54. The second-order valence-electron chi connectivity index (χ2n) is 10.1. The molecule has 0 bridgehead atoms. The van der Waals surface area contributed by atoms with E-state index >= 15 is 0 Å². The van der Waals surface area contributed by atoms with Gasteiger partial charge >= 0.3 is 11.9 Å². The van der Waals surface area contributed by atoms with Crippen molar-refractivity contribution < 1.29 is 28.5 Å². The second-order valence-corrected chi connectivity index (χ2v) is 10.1. The summed E-state index contributed by atoms with van der Waals surface area (Å²) in [4.78, 5) is 25.2. The highest BCUT2D eigenvalue weighted by Crippen LogP contribution is 2.40. The van der Waals surface area contributed by atoms with Crippen LogP contribution in [-0.2, 0) is 9.47 Å². The molecule has 0 N–H and O–H groups in total. The van der Waals surface area contributed by atoms with Gasteiger partial charge in [0.2, 0.25) is 0 Å². The van der Waals surface area contributed by atoms with Crippen LogP contribution in [0.15, 0.2) is 73.8 Å². The summed E-state index contributed by atoms with van der Waals surface area (Å²) in [5, 5.41) is 0. The average molecular weight is 519 g/mol. The third-order valence-corrected chi connectivity index (χ3v) is 7.57. The zero-order valence-corrected chi connectivity index (χ0v) is 22.0. The smallest absolute Gasteiger partial charge is 0.338 e. The first kappa shape index (κ1) is 27.5. The highest BCUT2D eigenvalue weighted by molar-refractivity contribution is 5.90. The molecule has 0 aromatic heterocycles. The first-order chi connectivity index (χ1) is 18.6. The van der Waals surface area contributed by atoms with Gasteiger partial charge in [-0.2, -0.15) is 0 Å². The molecule has 4 rings (SSSR count). The van der Waals surface area contributed by atoms with Crippen LogP contribution in [-0.4, -0.2) is 37.4 Å². The minimum atomic E-state index is -0.273. The van der Waals surface area contributed by atoms with Gasteiger partial charge in [-0.15, -0.1) is 0 Å². The van der Waals surface area contributed by atoms with Crippen molar-refractivity contribution in [3.63, 3.8) is 0 Å². The highest BCUT2D eigenvalue weighted by atomic mass is 16.5. The number of ether oxygens (including phenoxy) is 4. The van der Waals surface area contributed by atoms with E-state index in [1.807, 2.05) is 0 Å². The summed E-state index contributed by atoms with van der Waals surface area (Å²) < 4.78 is 22.5. The molecule has 0 unspecified atom stereocenters. The fourth-order valence-corrected chi connectivity index (χ4v) is 5.48. The molecule has 6 heteroatoms. The van der Waals surface area contributed by atoms with Crippen molar-refractivity contribution in [2.24, 2.45) is 11.8 Å². The predicted octanol–water partition coefficient (Wildman–Crippen LogP) is 6.95. The maximum absolute atomic E-state index is 12.6. The quantitative estimate of drug-likeness (QED) is 0.237. The number of rotatable bonds is 11. The zero-order chi connectivity index (χ0) is 26.7. The number of carbonyl (C=O) groups excluding carboxylic acids is 2. The van der Waals surface area contributed by atoms with Crippen molar-refractivity contribution in [3.8, 4) is 11.5 Å². The summed E-state index contributed by atoms with van der Waals surface area (Å²) in [6.45, 7) is 8.13. The van der Waals surface area contributed by atoms with Gasteiger partial charge in [0.25, 0.3) is 0 Å². The Morgan fingerprint density at radius 2 is 0.947 bits per heavy atom. The standard InChI is InChI=1S/C32H38O6/c1-3-21-35-27-13-9-25(10-14-27)31(33)37-29-17-5-23(6-18-29)24-7-19-30(20-8-24)38-32(34)26-11-15-28(16-12-26)36-22-4-2/h3-4,9-16,23-24,29-30H,1-2,5-8,17-22H2. The van der Waals surface area contributed by atoms with E-state index in [0.717, 1.165) is 51.4 Å². The lowest BCUT2D eigenvalue weighted by Gasteiger charge is -2.37. The summed E-state index contributed by atoms with van der Waals surface area (Å²) in [6, 6.07) is 14.1. The molecule has 0 spiro atoms. The lowest BCUT2D eigenvalue weighted by Crippen LogP contribution is -2.32. The van der Waals surface area contributed by atoms with Gasteiger partial charge in [-0.25, -0.2) is 9.59 Å². The average Bonchev–Trinajstić information content (AvgIpc) is 2.96. The Labute approximate surface area is 225 Å². The molecular weight excluding hydrogens is 480 g/mol. The van der Waals surface area contributed by atoms with Crippen LogP contribution in [0.1, 0.15) is 72.1 Å². The van der Waals surface area contributed by atoms with E-state index in [4.69, 9.17) is 18.9 Å². The van der Waals surface area contributed by atoms with Gasteiger partial charge in [-0.3, -0.25) is 0 Å². The summed E-state index contributed by atoms with van der Waals surface area (Å²) in [6.07, 6.45) is 11.2. The summed E-state index contributed by atoms with van der Waals surface area (Å²) in [5.41, 5.74) is 1.09. The van der Waals surface area contributed by atoms with Gasteiger partial charge in [-0.05, 0) is 112 Å². The third-order valence-electron chi connectivity index (χ3n) is 7.57. The van der Waals surface area contributed by atoms with Crippen LogP contribution in [0.25, 0.3) is 0 Å². The van der Waals surface area contributed by atoms with Crippen molar-refractivity contribution in [2.45, 2.75) is 63.6 Å². The van der Waals surface area contributed by atoms with E-state index in [0.29, 0.717) is 47.7 Å². The van der Waals surface area contributed by atoms with Crippen molar-refractivity contribution >= 4 is 11.9 Å². The number of esters is 2. The minimum Gasteiger partial charge on any atom is -0.490 e. The molecule has 6 nitrogen and oxygen atoms in total. The molecule has 2 aromatic carbocycles. The number of carbonyl (C=O) groups is 2. The van der Waals surface area contributed by atoms with E-state index in [1.165, 1.54) is 0 Å². The molecule has 38 heavy (non-hydrogen) atoms. The molecule has 2 aliphatic carbocycles. The van der Waals surface area contributed by atoms with Gasteiger partial charge in [0.1, 0.15) is 36.9 Å². The molecule has 202 valence electrons. The van der Waals surface area contributed by atoms with Gasteiger partial charge in [0, 0.05) is 0 Å². The van der Waals surface area contributed by atoms with Gasteiger partial charge in [0.05, 0.1) is 11.1 Å². The van der Waals surface area contributed by atoms with Gasteiger partial charge in [0.15, 0.2) is 0 Å². The van der Waals surface area contributed by atoms with Crippen LogP contribution in [0, 0.1) is 11.8 Å². The molecule has 0 amide bonds. The minimum absolute atomic E-state index is 0.0266. The molecule has 2 aliphatic rings. The first-order valence-electron chi connectivity index (χ1n) is 13.6. The number of hydrogen-bond donors (Lipinski definition) is 0. The Morgan fingerprint density at radius 3 is 1.26 bits per heavy atom. The SMILES string of the molecule is C=CCOc1ccc(C(=O)OC2CCC(C3CCC(OC(=O)c4ccc(OCC=C)cc4)CC3)CC2)cc1. The Morgan fingerprint density at radius 1 is 0.605 bits per heavy atom. The molecule has 2 saturated carbocycles. The fraction of sp³-hybridized carbons (Fsp3) is 0.438. The molecule has 2 fully saturated rings. The molecule has 0 aliphatic heterocycles. The van der Waals surface area contributed by atoms with Crippen molar-refractivity contribution in [2.75, 3.05) is 13.2 Å². The predicted molar refractivity (Wildman–Crippen MR) is 147 cm³/mol. The molecule has 0 atom stereocenters. The fourth-order valence-electron chi connectivity index (χ4n) is 5.48. The monoisotopic (exact) mass is 518 g/mol. The van der Waals surface area contributed by atoms with E-state index in [9.17, 15) is 9.59 Å². The van der Waals surface area contributed by atoms with Crippen molar-refractivity contribution in [1.29, 1.82) is 0 Å². The van der Waals surface area contributed by atoms with Crippen LogP contribution >= 0.6 is 0 Å². The third kappa shape index (κ3) is 7.73. The van der Waals surface area contributed by atoms with E-state index in [2.05, 4.69) is 13.2 Å². The van der Waals surface area contributed by atoms with Gasteiger partial charge < -0.3 is 18.9 Å². The molecule has 2 aromatic rings. The highest BCUT2D eigenvalue weighted by Gasteiger charge is 2.33. The van der Waals surface area contributed by atoms with Crippen LogP contribution in [0.3, 0.4) is 0 Å². The maximum Gasteiger partial charge on any atom is 0.338 e. The largest absolute Gasteiger partial charge is 0.490 e. The normalized spacial score (nSPS) is 23.1. The second kappa shape index (κ2) is 13.8. The van der Waals surface area contributed by atoms with E-state index < -0.39 is 0 Å². The van der Waals surface area contributed by atoms with E-state index in [-0.39, 0.29) is 24.1 Å². The van der Waals surface area contributed by atoms with Crippen LogP contribution in [0.4, 0.5) is 0 Å². The summed E-state index contributed by atoms with van der Waals surface area (Å²) in [5.74, 6) is 2.15. The van der Waals surface area contributed by atoms with Gasteiger partial charge in [-0.1, -0.05) is 25.3 Å². The Bertz CT molecular complexity index is 971. The summed E-state index contributed by atoms with van der Waals surface area (Å²) in [7, 11) is 0. The topological polar surface area (TPSA) is 71.1 Å². The lowest BCUT2D eigenvalue weighted by molar-refractivity contribution is -0.000154. The van der Waals surface area contributed by atoms with Crippen LogP contribution in [0.5, 0.6) is 11.5 Å². The van der Waals surface area contributed by atoms with Crippen molar-refractivity contribution in [3.05, 3.63) is 85.0 Å². The number of benzene rings is 2.